The normalized spacial score (nSPS) is 15.0. The molecule has 0 radical (unpaired) electrons. The summed E-state index contributed by atoms with van der Waals surface area (Å²) in [5.74, 6) is 1.27. The maximum absolute atomic E-state index is 13.5. The van der Waals surface area contributed by atoms with Crippen molar-refractivity contribution in [3.63, 3.8) is 0 Å². The summed E-state index contributed by atoms with van der Waals surface area (Å²) in [7, 11) is 0. The molecular weight excluding hydrogens is 279 g/mol. The van der Waals surface area contributed by atoms with E-state index in [2.05, 4.69) is 20.6 Å². The van der Waals surface area contributed by atoms with Crippen LogP contribution in [0.15, 0.2) is 36.5 Å². The Kier molecular flexibility index (Phi) is 4.83. The molecule has 5 heteroatoms. The Bertz CT molecular complexity index is 611. The molecule has 4 nitrogen and oxygen atoms in total. The summed E-state index contributed by atoms with van der Waals surface area (Å²) in [6.07, 6.45) is 7.35. The topological polar surface area (TPSA) is 49.8 Å². The number of hydrogen-bond acceptors (Lipinski definition) is 4. The van der Waals surface area contributed by atoms with E-state index in [1.165, 1.54) is 31.7 Å². The quantitative estimate of drug-likeness (QED) is 0.855. The molecule has 0 atom stereocenters. The van der Waals surface area contributed by atoms with Crippen molar-refractivity contribution in [1.82, 2.24) is 9.97 Å². The molecule has 1 saturated carbocycles. The van der Waals surface area contributed by atoms with Gasteiger partial charge in [0.2, 0.25) is 5.95 Å². The molecule has 2 aromatic rings. The van der Waals surface area contributed by atoms with Crippen LogP contribution in [0, 0.1) is 5.82 Å². The Labute approximate surface area is 130 Å². The molecule has 0 saturated heterocycles. The zero-order valence-electron chi connectivity index (χ0n) is 12.6. The van der Waals surface area contributed by atoms with E-state index in [0.717, 1.165) is 5.82 Å². The van der Waals surface area contributed by atoms with E-state index in [1.54, 1.807) is 18.3 Å². The van der Waals surface area contributed by atoms with Crippen molar-refractivity contribution in [1.29, 1.82) is 0 Å². The number of rotatable bonds is 6. The molecule has 0 spiro atoms. The number of hydrogen-bond donors (Lipinski definition) is 2. The van der Waals surface area contributed by atoms with Gasteiger partial charge in [0, 0.05) is 18.8 Å². The minimum atomic E-state index is -0.165. The van der Waals surface area contributed by atoms with Gasteiger partial charge in [-0.25, -0.2) is 9.37 Å². The Hall–Kier alpha value is -2.17. The van der Waals surface area contributed by atoms with E-state index in [1.807, 2.05) is 12.1 Å². The van der Waals surface area contributed by atoms with Crippen LogP contribution in [0.25, 0.3) is 0 Å². The molecule has 1 aliphatic rings. The van der Waals surface area contributed by atoms with Crippen molar-refractivity contribution >= 4 is 11.8 Å². The van der Waals surface area contributed by atoms with E-state index in [9.17, 15) is 4.39 Å². The molecule has 116 valence electrons. The predicted molar refractivity (Wildman–Crippen MR) is 86.5 cm³/mol. The number of halogens is 1. The first-order chi connectivity index (χ1) is 10.8. The zero-order chi connectivity index (χ0) is 15.2. The average Bonchev–Trinajstić information content (AvgIpc) is 3.03. The Morgan fingerprint density at radius 3 is 2.77 bits per heavy atom. The number of aromatic nitrogens is 2. The number of benzene rings is 1. The predicted octanol–water partition coefficient (Wildman–Crippen LogP) is 3.62. The minimum Gasteiger partial charge on any atom is -0.367 e. The van der Waals surface area contributed by atoms with Gasteiger partial charge in [-0.1, -0.05) is 31.0 Å². The second-order valence-electron chi connectivity index (χ2n) is 5.66. The smallest absolute Gasteiger partial charge is 0.224 e. The van der Waals surface area contributed by atoms with Crippen LogP contribution in [0.5, 0.6) is 0 Å². The van der Waals surface area contributed by atoms with Gasteiger partial charge in [0.25, 0.3) is 0 Å². The third-order valence-electron chi connectivity index (χ3n) is 4.00. The number of anilines is 2. The summed E-state index contributed by atoms with van der Waals surface area (Å²) in [6, 6.07) is 9.25. The van der Waals surface area contributed by atoms with Crippen LogP contribution >= 0.6 is 0 Å². The first kappa shape index (κ1) is 14.8. The molecule has 1 fully saturated rings. The van der Waals surface area contributed by atoms with Crippen molar-refractivity contribution in [3.8, 4) is 0 Å². The molecule has 22 heavy (non-hydrogen) atoms. The summed E-state index contributed by atoms with van der Waals surface area (Å²) in [5.41, 5.74) is 0.704. The molecule has 1 aromatic carbocycles. The van der Waals surface area contributed by atoms with E-state index in [4.69, 9.17) is 0 Å². The molecule has 0 aliphatic heterocycles. The van der Waals surface area contributed by atoms with E-state index >= 15 is 0 Å². The minimum absolute atomic E-state index is 0.165. The van der Waals surface area contributed by atoms with Gasteiger partial charge < -0.3 is 10.6 Å². The molecule has 1 aliphatic carbocycles. The lowest BCUT2D eigenvalue weighted by molar-refractivity contribution is 0.610. The number of nitrogens with one attached hydrogen (secondary N) is 2. The Morgan fingerprint density at radius 2 is 1.95 bits per heavy atom. The van der Waals surface area contributed by atoms with Crippen LogP contribution in [0.3, 0.4) is 0 Å². The van der Waals surface area contributed by atoms with E-state index < -0.39 is 0 Å². The van der Waals surface area contributed by atoms with Gasteiger partial charge in [-0.05, 0) is 37.0 Å². The number of nitrogens with zero attached hydrogens (tertiary/aromatic N) is 2. The second-order valence-corrected chi connectivity index (χ2v) is 5.66. The van der Waals surface area contributed by atoms with Gasteiger partial charge >= 0.3 is 0 Å². The Balaban J connectivity index is 1.53. The van der Waals surface area contributed by atoms with Crippen LogP contribution in [0.1, 0.15) is 31.2 Å². The van der Waals surface area contributed by atoms with Crippen LogP contribution < -0.4 is 10.6 Å². The van der Waals surface area contributed by atoms with Gasteiger partial charge in [-0.2, -0.15) is 4.98 Å². The van der Waals surface area contributed by atoms with Gasteiger partial charge in [0.05, 0.1) is 0 Å². The highest BCUT2D eigenvalue weighted by Gasteiger charge is 2.15. The fourth-order valence-electron chi connectivity index (χ4n) is 2.81. The SMILES string of the molecule is Fc1ccccc1CCNc1nccc(NC2CCCC2)n1. The Morgan fingerprint density at radius 1 is 1.14 bits per heavy atom. The fourth-order valence-corrected chi connectivity index (χ4v) is 2.81. The molecule has 2 N–H and O–H groups in total. The van der Waals surface area contributed by atoms with E-state index in [0.29, 0.717) is 30.5 Å². The van der Waals surface area contributed by atoms with Crippen molar-refractivity contribution < 1.29 is 4.39 Å². The maximum Gasteiger partial charge on any atom is 0.224 e. The molecule has 0 bridgehead atoms. The van der Waals surface area contributed by atoms with Crippen molar-refractivity contribution in [2.45, 2.75) is 38.1 Å². The average molecular weight is 300 g/mol. The molecular formula is C17H21FN4. The van der Waals surface area contributed by atoms with Crippen LogP contribution in [0.4, 0.5) is 16.2 Å². The lowest BCUT2D eigenvalue weighted by Gasteiger charge is -2.13. The molecule has 0 unspecified atom stereocenters. The fraction of sp³-hybridized carbons (Fsp3) is 0.412. The van der Waals surface area contributed by atoms with Gasteiger partial charge in [0.15, 0.2) is 0 Å². The first-order valence-corrected chi connectivity index (χ1v) is 7.88. The van der Waals surface area contributed by atoms with Crippen LogP contribution in [0.2, 0.25) is 0 Å². The van der Waals surface area contributed by atoms with Crippen LogP contribution in [-0.2, 0) is 6.42 Å². The van der Waals surface area contributed by atoms with Gasteiger partial charge in [-0.3, -0.25) is 0 Å². The second kappa shape index (κ2) is 7.20. The molecule has 3 rings (SSSR count). The molecule has 1 heterocycles. The van der Waals surface area contributed by atoms with E-state index in [-0.39, 0.29) is 5.82 Å². The van der Waals surface area contributed by atoms with Crippen LogP contribution in [-0.4, -0.2) is 22.6 Å². The standard InChI is InChI=1S/C17H21FN4/c18-15-8-4-1-5-13(15)9-11-19-17-20-12-10-16(22-17)21-14-6-2-3-7-14/h1,4-5,8,10,12,14H,2-3,6-7,9,11H2,(H2,19,20,21,22). The highest BCUT2D eigenvalue weighted by Crippen LogP contribution is 2.21. The van der Waals surface area contributed by atoms with Crippen molar-refractivity contribution in [3.05, 3.63) is 47.9 Å². The summed E-state index contributed by atoms with van der Waals surface area (Å²) in [4.78, 5) is 8.67. The zero-order valence-corrected chi connectivity index (χ0v) is 12.6. The largest absolute Gasteiger partial charge is 0.367 e. The van der Waals surface area contributed by atoms with Crippen molar-refractivity contribution in [2.24, 2.45) is 0 Å². The summed E-state index contributed by atoms with van der Waals surface area (Å²) < 4.78 is 13.5. The third-order valence-corrected chi connectivity index (χ3v) is 4.00. The highest BCUT2D eigenvalue weighted by atomic mass is 19.1. The summed E-state index contributed by atoms with van der Waals surface area (Å²) >= 11 is 0. The highest BCUT2D eigenvalue weighted by molar-refractivity contribution is 5.40. The summed E-state index contributed by atoms with van der Waals surface area (Å²) in [5, 5.41) is 6.60. The monoisotopic (exact) mass is 300 g/mol. The maximum atomic E-state index is 13.5. The molecule has 1 aromatic heterocycles. The lowest BCUT2D eigenvalue weighted by atomic mass is 10.1. The lowest BCUT2D eigenvalue weighted by Crippen LogP contribution is -2.16. The van der Waals surface area contributed by atoms with Gasteiger partial charge in [0.1, 0.15) is 11.6 Å². The first-order valence-electron chi connectivity index (χ1n) is 7.88. The van der Waals surface area contributed by atoms with Gasteiger partial charge in [-0.15, -0.1) is 0 Å². The van der Waals surface area contributed by atoms with Crippen molar-refractivity contribution in [2.75, 3.05) is 17.2 Å². The summed E-state index contributed by atoms with van der Waals surface area (Å²) in [6.45, 7) is 0.605. The molecule has 0 amide bonds. The third kappa shape index (κ3) is 3.93.